The Morgan fingerprint density at radius 3 is 2.40 bits per heavy atom. The van der Waals surface area contributed by atoms with Gasteiger partial charge in [-0.25, -0.2) is 0 Å². The van der Waals surface area contributed by atoms with Crippen LogP contribution in [-0.4, -0.2) is 11.8 Å². The highest BCUT2D eigenvalue weighted by atomic mass is 79.9. The smallest absolute Gasteiger partial charge is 0.0345 e. The largest absolute Gasteiger partial charge is 0.271 e. The maximum atomic E-state index is 5.67. The number of hydrazine groups is 1. The lowest BCUT2D eigenvalue weighted by molar-refractivity contribution is 0.574. The van der Waals surface area contributed by atoms with E-state index in [1.54, 1.807) is 0 Å². The topological polar surface area (TPSA) is 38.0 Å². The summed E-state index contributed by atoms with van der Waals surface area (Å²) in [6, 6.07) is 16.8. The number of halogens is 2. The minimum atomic E-state index is 0.238. The van der Waals surface area contributed by atoms with Crippen molar-refractivity contribution in [2.75, 3.05) is 5.75 Å². The van der Waals surface area contributed by atoms with Crippen molar-refractivity contribution in [2.24, 2.45) is 5.84 Å². The number of nitrogens with one attached hydrogen (secondary N) is 1. The molecule has 0 bridgehead atoms. The van der Waals surface area contributed by atoms with Crippen molar-refractivity contribution in [1.82, 2.24) is 5.43 Å². The van der Waals surface area contributed by atoms with E-state index in [4.69, 9.17) is 5.84 Å². The summed E-state index contributed by atoms with van der Waals surface area (Å²) in [5.41, 5.74) is 4.18. The molecule has 0 aliphatic heterocycles. The molecule has 0 saturated carbocycles. The van der Waals surface area contributed by atoms with Crippen molar-refractivity contribution in [3.63, 3.8) is 0 Å². The third-order valence-electron chi connectivity index (χ3n) is 2.92. The van der Waals surface area contributed by atoms with Crippen LogP contribution in [0.25, 0.3) is 0 Å². The molecule has 5 heteroatoms. The van der Waals surface area contributed by atoms with Gasteiger partial charge in [-0.1, -0.05) is 50.1 Å². The minimum Gasteiger partial charge on any atom is -0.271 e. The van der Waals surface area contributed by atoms with Gasteiger partial charge >= 0.3 is 0 Å². The van der Waals surface area contributed by atoms with Gasteiger partial charge in [-0.05, 0) is 42.3 Å². The molecule has 0 aliphatic carbocycles. The van der Waals surface area contributed by atoms with E-state index < -0.39 is 0 Å². The first-order chi connectivity index (χ1) is 9.69. The number of rotatable bonds is 6. The summed E-state index contributed by atoms with van der Waals surface area (Å²) >= 11 is 8.83. The van der Waals surface area contributed by atoms with Gasteiger partial charge in [0.2, 0.25) is 0 Å². The van der Waals surface area contributed by atoms with Gasteiger partial charge in [-0.15, -0.1) is 11.8 Å². The highest BCUT2D eigenvalue weighted by Gasteiger charge is 2.10. The van der Waals surface area contributed by atoms with Gasteiger partial charge in [0.15, 0.2) is 0 Å². The van der Waals surface area contributed by atoms with Crippen LogP contribution in [0.4, 0.5) is 0 Å². The van der Waals surface area contributed by atoms with Crippen LogP contribution in [0, 0.1) is 0 Å². The van der Waals surface area contributed by atoms with Crippen LogP contribution >= 0.6 is 43.6 Å². The standard InChI is InChI=1S/C15H16Br2N2S/c16-12-5-7-14(8-6-12)20-10-13(19-18)9-11-3-1-2-4-15(11)17/h1-8,13,19H,9-10,18H2. The van der Waals surface area contributed by atoms with Crippen molar-refractivity contribution < 1.29 is 0 Å². The van der Waals surface area contributed by atoms with Crippen LogP contribution in [0.2, 0.25) is 0 Å². The SMILES string of the molecule is NNC(CSc1ccc(Br)cc1)Cc1ccccc1Br. The van der Waals surface area contributed by atoms with Gasteiger partial charge in [-0.3, -0.25) is 11.3 Å². The van der Waals surface area contributed by atoms with Crippen molar-refractivity contribution >= 4 is 43.6 Å². The number of hydrogen-bond donors (Lipinski definition) is 2. The normalized spacial score (nSPS) is 12.3. The quantitative estimate of drug-likeness (QED) is 0.417. The van der Waals surface area contributed by atoms with Gasteiger partial charge < -0.3 is 0 Å². The predicted molar refractivity (Wildman–Crippen MR) is 93.8 cm³/mol. The minimum absolute atomic E-state index is 0.238. The molecule has 106 valence electrons. The van der Waals surface area contributed by atoms with Crippen molar-refractivity contribution in [3.8, 4) is 0 Å². The van der Waals surface area contributed by atoms with Gasteiger partial charge in [-0.2, -0.15) is 0 Å². The van der Waals surface area contributed by atoms with Crippen LogP contribution in [0.3, 0.4) is 0 Å². The Morgan fingerprint density at radius 2 is 1.75 bits per heavy atom. The Morgan fingerprint density at radius 1 is 1.05 bits per heavy atom. The monoisotopic (exact) mass is 414 g/mol. The van der Waals surface area contributed by atoms with E-state index in [0.29, 0.717) is 0 Å². The molecule has 1 atom stereocenters. The molecule has 2 aromatic rings. The zero-order chi connectivity index (χ0) is 14.4. The summed E-state index contributed by atoms with van der Waals surface area (Å²) in [6.45, 7) is 0. The molecule has 2 rings (SSSR count). The molecule has 0 spiro atoms. The fourth-order valence-corrected chi connectivity index (χ4v) is 3.47. The molecule has 0 fully saturated rings. The first-order valence-corrected chi connectivity index (χ1v) is 8.84. The molecule has 0 amide bonds. The molecule has 2 nitrogen and oxygen atoms in total. The molecule has 0 heterocycles. The van der Waals surface area contributed by atoms with Crippen molar-refractivity contribution in [2.45, 2.75) is 17.4 Å². The molecule has 0 radical (unpaired) electrons. The second-order valence-corrected chi connectivity index (χ2v) is 7.29. The highest BCUT2D eigenvalue weighted by Crippen LogP contribution is 2.23. The molecule has 1 unspecified atom stereocenters. The average molecular weight is 416 g/mol. The summed E-state index contributed by atoms with van der Waals surface area (Å²) in [6.07, 6.45) is 0.904. The number of benzene rings is 2. The number of nitrogens with two attached hydrogens (primary N) is 1. The first kappa shape index (κ1) is 16.0. The molecule has 3 N–H and O–H groups in total. The molecule has 0 aliphatic rings. The Hall–Kier alpha value is -0.330. The fourth-order valence-electron chi connectivity index (χ4n) is 1.82. The predicted octanol–water partition coefficient (Wildman–Crippen LogP) is 4.38. The van der Waals surface area contributed by atoms with E-state index in [9.17, 15) is 0 Å². The molecule has 0 aromatic heterocycles. The lowest BCUT2D eigenvalue weighted by Gasteiger charge is -2.16. The maximum Gasteiger partial charge on any atom is 0.0345 e. The lowest BCUT2D eigenvalue weighted by atomic mass is 10.1. The summed E-state index contributed by atoms with van der Waals surface area (Å²) in [5, 5.41) is 0. The van der Waals surface area contributed by atoms with Crippen LogP contribution in [0.5, 0.6) is 0 Å². The van der Waals surface area contributed by atoms with Crippen LogP contribution < -0.4 is 11.3 Å². The van der Waals surface area contributed by atoms with E-state index in [0.717, 1.165) is 21.1 Å². The number of thioether (sulfide) groups is 1. The van der Waals surface area contributed by atoms with Crippen molar-refractivity contribution in [1.29, 1.82) is 0 Å². The van der Waals surface area contributed by atoms with Crippen LogP contribution in [-0.2, 0) is 6.42 Å². The summed E-state index contributed by atoms with van der Waals surface area (Å²) in [4.78, 5) is 1.25. The highest BCUT2D eigenvalue weighted by molar-refractivity contribution is 9.10. The lowest BCUT2D eigenvalue weighted by Crippen LogP contribution is -2.38. The second kappa shape index (κ2) is 8.20. The first-order valence-electron chi connectivity index (χ1n) is 6.27. The van der Waals surface area contributed by atoms with Gasteiger partial charge in [0, 0.05) is 25.6 Å². The zero-order valence-corrected chi connectivity index (χ0v) is 14.8. The Kier molecular flexibility index (Phi) is 6.58. The summed E-state index contributed by atoms with van der Waals surface area (Å²) in [7, 11) is 0. The van der Waals surface area contributed by atoms with Gasteiger partial charge in [0.25, 0.3) is 0 Å². The second-order valence-electron chi connectivity index (χ2n) is 4.42. The molecular weight excluding hydrogens is 400 g/mol. The van der Waals surface area contributed by atoms with E-state index in [-0.39, 0.29) is 6.04 Å². The van der Waals surface area contributed by atoms with Gasteiger partial charge in [0.05, 0.1) is 0 Å². The maximum absolute atomic E-state index is 5.67. The summed E-state index contributed by atoms with van der Waals surface area (Å²) < 4.78 is 2.23. The Balaban J connectivity index is 1.92. The van der Waals surface area contributed by atoms with Gasteiger partial charge in [0.1, 0.15) is 0 Å². The Labute approximate surface area is 140 Å². The van der Waals surface area contributed by atoms with Crippen LogP contribution in [0.1, 0.15) is 5.56 Å². The zero-order valence-electron chi connectivity index (χ0n) is 10.9. The number of hydrogen-bond acceptors (Lipinski definition) is 3. The molecule has 20 heavy (non-hydrogen) atoms. The fraction of sp³-hybridized carbons (Fsp3) is 0.200. The Bertz CT molecular complexity index is 546. The molecular formula is C15H16Br2N2S. The molecule has 2 aromatic carbocycles. The third kappa shape index (κ3) is 4.90. The average Bonchev–Trinajstić information content (AvgIpc) is 2.47. The van der Waals surface area contributed by atoms with E-state index in [2.05, 4.69) is 79.8 Å². The van der Waals surface area contributed by atoms with E-state index in [1.165, 1.54) is 10.5 Å². The molecule has 0 saturated heterocycles. The third-order valence-corrected chi connectivity index (χ3v) is 5.40. The van der Waals surface area contributed by atoms with Crippen LogP contribution in [0.15, 0.2) is 62.4 Å². The van der Waals surface area contributed by atoms with Crippen molar-refractivity contribution in [3.05, 3.63) is 63.0 Å². The summed E-state index contributed by atoms with van der Waals surface area (Å²) in [5.74, 6) is 6.60. The van der Waals surface area contributed by atoms with E-state index >= 15 is 0 Å². The van der Waals surface area contributed by atoms with E-state index in [1.807, 2.05) is 17.8 Å².